The standard InChI is InChI=1S/C30H22N6O2/c37-29(24-10-2-1-9-23(24)20-7-5-15-31-17-20)35-27-14-13-21(18-33-27)30(38)36-19-22-8-6-16-32-28(22)34-25-11-3-4-12-26(25)36/h1-18H,19H2,(H,32,34)(H,33,35,37). The lowest BCUT2D eigenvalue weighted by molar-refractivity contribution is 0.0984. The highest BCUT2D eigenvalue weighted by Crippen LogP contribution is 2.35. The Kier molecular flexibility index (Phi) is 6.03. The molecule has 0 saturated heterocycles. The fourth-order valence-corrected chi connectivity index (χ4v) is 4.45. The Hall–Kier alpha value is -5.37. The van der Waals surface area contributed by atoms with Gasteiger partial charge in [-0.3, -0.25) is 14.6 Å². The third-order valence-corrected chi connectivity index (χ3v) is 6.31. The summed E-state index contributed by atoms with van der Waals surface area (Å²) in [6.45, 7) is 0.357. The largest absolute Gasteiger partial charge is 0.338 e. The average molecular weight is 499 g/mol. The Morgan fingerprint density at radius 2 is 1.66 bits per heavy atom. The number of carbonyl (C=O) groups is 2. The van der Waals surface area contributed by atoms with Gasteiger partial charge in [-0.2, -0.15) is 0 Å². The molecule has 6 rings (SSSR count). The fourth-order valence-electron chi connectivity index (χ4n) is 4.45. The van der Waals surface area contributed by atoms with Crippen molar-refractivity contribution in [3.05, 3.63) is 126 Å². The first-order valence-electron chi connectivity index (χ1n) is 12.1. The van der Waals surface area contributed by atoms with Crippen LogP contribution < -0.4 is 15.5 Å². The maximum Gasteiger partial charge on any atom is 0.260 e. The van der Waals surface area contributed by atoms with Gasteiger partial charge in [-0.05, 0) is 48.0 Å². The van der Waals surface area contributed by atoms with E-state index < -0.39 is 0 Å². The Labute approximate surface area is 219 Å². The Morgan fingerprint density at radius 3 is 2.50 bits per heavy atom. The molecule has 184 valence electrons. The van der Waals surface area contributed by atoms with Crippen LogP contribution in [0.4, 0.5) is 23.0 Å². The molecule has 3 aromatic heterocycles. The van der Waals surface area contributed by atoms with Crippen molar-refractivity contribution in [3.8, 4) is 11.1 Å². The lowest BCUT2D eigenvalue weighted by atomic mass is 10.0. The van der Waals surface area contributed by atoms with Crippen molar-refractivity contribution in [1.82, 2.24) is 15.0 Å². The molecule has 0 radical (unpaired) electrons. The summed E-state index contributed by atoms with van der Waals surface area (Å²) in [6, 6.07) is 25.8. The summed E-state index contributed by atoms with van der Waals surface area (Å²) >= 11 is 0. The second-order valence-corrected chi connectivity index (χ2v) is 8.72. The van der Waals surface area contributed by atoms with Gasteiger partial charge in [0, 0.05) is 41.5 Å². The lowest BCUT2D eigenvalue weighted by Crippen LogP contribution is -2.30. The molecule has 5 aromatic rings. The number of benzene rings is 2. The smallest absolute Gasteiger partial charge is 0.260 e. The van der Waals surface area contributed by atoms with Gasteiger partial charge in [-0.15, -0.1) is 0 Å². The number of hydrogen-bond acceptors (Lipinski definition) is 6. The van der Waals surface area contributed by atoms with E-state index in [-0.39, 0.29) is 11.8 Å². The molecule has 0 bridgehead atoms. The number of rotatable bonds is 4. The maximum absolute atomic E-state index is 13.6. The van der Waals surface area contributed by atoms with E-state index in [1.54, 1.807) is 41.7 Å². The SMILES string of the molecule is O=C(Nc1ccc(C(=O)N2Cc3cccnc3Nc3ccccc32)cn1)c1ccccc1-c1cccnc1. The molecular weight excluding hydrogens is 476 g/mol. The lowest BCUT2D eigenvalue weighted by Gasteiger charge is -2.22. The highest BCUT2D eigenvalue weighted by Gasteiger charge is 2.25. The van der Waals surface area contributed by atoms with Crippen molar-refractivity contribution in [2.75, 3.05) is 15.5 Å². The van der Waals surface area contributed by atoms with Crippen LogP contribution in [0.15, 0.2) is 110 Å². The van der Waals surface area contributed by atoms with Gasteiger partial charge in [0.05, 0.1) is 23.5 Å². The molecule has 0 atom stereocenters. The van der Waals surface area contributed by atoms with Crippen LogP contribution in [0.2, 0.25) is 0 Å². The molecule has 0 fully saturated rings. The summed E-state index contributed by atoms with van der Waals surface area (Å²) in [4.78, 5) is 41.4. The van der Waals surface area contributed by atoms with Crippen LogP contribution in [0.1, 0.15) is 26.3 Å². The second kappa shape index (κ2) is 9.94. The van der Waals surface area contributed by atoms with Crippen molar-refractivity contribution in [1.29, 1.82) is 0 Å². The molecule has 0 saturated carbocycles. The maximum atomic E-state index is 13.6. The number of nitrogens with one attached hydrogen (secondary N) is 2. The molecule has 0 unspecified atom stereocenters. The molecule has 8 heteroatoms. The quantitative estimate of drug-likeness (QED) is 0.330. The molecule has 1 aliphatic heterocycles. The normalized spacial score (nSPS) is 11.9. The van der Waals surface area contributed by atoms with Crippen LogP contribution in [-0.4, -0.2) is 26.8 Å². The average Bonchev–Trinajstić information content (AvgIpc) is 3.14. The van der Waals surface area contributed by atoms with E-state index in [0.29, 0.717) is 23.5 Å². The zero-order valence-corrected chi connectivity index (χ0v) is 20.2. The van der Waals surface area contributed by atoms with Crippen molar-refractivity contribution < 1.29 is 9.59 Å². The third-order valence-electron chi connectivity index (χ3n) is 6.31. The monoisotopic (exact) mass is 498 g/mol. The molecule has 2 amide bonds. The van der Waals surface area contributed by atoms with Crippen LogP contribution >= 0.6 is 0 Å². The minimum Gasteiger partial charge on any atom is -0.338 e. The van der Waals surface area contributed by atoms with Crippen LogP contribution in [0.3, 0.4) is 0 Å². The Balaban J connectivity index is 1.24. The van der Waals surface area contributed by atoms with Crippen LogP contribution in [0.5, 0.6) is 0 Å². The van der Waals surface area contributed by atoms with E-state index in [2.05, 4.69) is 25.6 Å². The van der Waals surface area contributed by atoms with E-state index in [0.717, 1.165) is 33.9 Å². The topological polar surface area (TPSA) is 100 Å². The van der Waals surface area contributed by atoms with Crippen molar-refractivity contribution in [3.63, 3.8) is 0 Å². The van der Waals surface area contributed by atoms with Crippen molar-refractivity contribution in [2.24, 2.45) is 0 Å². The van der Waals surface area contributed by atoms with E-state index in [4.69, 9.17) is 0 Å². The highest BCUT2D eigenvalue weighted by molar-refractivity contribution is 6.10. The van der Waals surface area contributed by atoms with Gasteiger partial charge in [0.15, 0.2) is 0 Å². The molecule has 1 aliphatic rings. The number of para-hydroxylation sites is 2. The number of nitrogens with zero attached hydrogens (tertiary/aromatic N) is 4. The summed E-state index contributed by atoms with van der Waals surface area (Å²) < 4.78 is 0. The summed E-state index contributed by atoms with van der Waals surface area (Å²) in [5, 5.41) is 6.17. The third kappa shape index (κ3) is 4.46. The molecular formula is C30H22N6O2. The predicted octanol–water partition coefficient (Wildman–Crippen LogP) is 5.69. The van der Waals surface area contributed by atoms with Gasteiger partial charge in [0.2, 0.25) is 0 Å². The summed E-state index contributed by atoms with van der Waals surface area (Å²) in [6.07, 6.45) is 6.61. The van der Waals surface area contributed by atoms with Crippen LogP contribution in [0, 0.1) is 0 Å². The first kappa shape index (κ1) is 23.1. The van der Waals surface area contributed by atoms with Gasteiger partial charge in [-0.25, -0.2) is 9.97 Å². The Morgan fingerprint density at radius 1 is 0.816 bits per heavy atom. The molecule has 2 aromatic carbocycles. The minimum absolute atomic E-state index is 0.205. The van der Waals surface area contributed by atoms with E-state index in [9.17, 15) is 9.59 Å². The number of carbonyl (C=O) groups excluding carboxylic acids is 2. The van der Waals surface area contributed by atoms with Crippen molar-refractivity contribution in [2.45, 2.75) is 6.54 Å². The van der Waals surface area contributed by atoms with Gasteiger partial charge in [0.1, 0.15) is 11.6 Å². The highest BCUT2D eigenvalue weighted by atomic mass is 16.2. The predicted molar refractivity (Wildman–Crippen MR) is 146 cm³/mol. The van der Waals surface area contributed by atoms with Crippen molar-refractivity contribution >= 4 is 34.8 Å². The van der Waals surface area contributed by atoms with Gasteiger partial charge in [-0.1, -0.05) is 42.5 Å². The van der Waals surface area contributed by atoms with Gasteiger partial charge < -0.3 is 15.5 Å². The Bertz CT molecular complexity index is 1640. The molecule has 0 aliphatic carbocycles. The number of hydrogen-bond donors (Lipinski definition) is 2. The number of amides is 2. The molecule has 4 heterocycles. The second-order valence-electron chi connectivity index (χ2n) is 8.72. The first-order valence-corrected chi connectivity index (χ1v) is 12.1. The fraction of sp³-hybridized carbons (Fsp3) is 0.0333. The zero-order chi connectivity index (χ0) is 25.9. The zero-order valence-electron chi connectivity index (χ0n) is 20.2. The van der Waals surface area contributed by atoms with Crippen LogP contribution in [0.25, 0.3) is 11.1 Å². The molecule has 38 heavy (non-hydrogen) atoms. The summed E-state index contributed by atoms with van der Waals surface area (Å²) in [5.41, 5.74) is 4.97. The van der Waals surface area contributed by atoms with E-state index >= 15 is 0 Å². The van der Waals surface area contributed by atoms with E-state index in [1.165, 1.54) is 6.20 Å². The molecule has 2 N–H and O–H groups in total. The minimum atomic E-state index is -0.298. The number of aromatic nitrogens is 3. The van der Waals surface area contributed by atoms with Gasteiger partial charge >= 0.3 is 0 Å². The first-order chi connectivity index (χ1) is 18.7. The van der Waals surface area contributed by atoms with E-state index in [1.807, 2.05) is 66.7 Å². The molecule has 0 spiro atoms. The number of anilines is 4. The molecule has 8 nitrogen and oxygen atoms in total. The summed E-state index contributed by atoms with van der Waals surface area (Å²) in [5.74, 6) is 0.564. The summed E-state index contributed by atoms with van der Waals surface area (Å²) in [7, 11) is 0. The number of pyridine rings is 3. The number of fused-ring (bicyclic) bond motifs is 2. The van der Waals surface area contributed by atoms with Crippen LogP contribution in [-0.2, 0) is 6.54 Å². The van der Waals surface area contributed by atoms with Gasteiger partial charge in [0.25, 0.3) is 11.8 Å².